The van der Waals surface area contributed by atoms with Crippen molar-refractivity contribution in [3.8, 4) is 0 Å². The number of anilines is 1. The molecule has 1 aromatic rings. The second-order valence-corrected chi connectivity index (χ2v) is 8.00. The minimum absolute atomic E-state index is 0.0296. The van der Waals surface area contributed by atoms with Crippen molar-refractivity contribution in [2.24, 2.45) is 11.5 Å². The molecule has 0 bridgehead atoms. The number of amides is 5. The smallest absolute Gasteiger partial charge is 0.410 e. The molecule has 0 unspecified atom stereocenters. The van der Waals surface area contributed by atoms with Crippen molar-refractivity contribution in [3.05, 3.63) is 29.8 Å². The zero-order chi connectivity index (χ0) is 25.5. The van der Waals surface area contributed by atoms with Gasteiger partial charge in [-0.25, -0.2) is 9.59 Å². The summed E-state index contributed by atoms with van der Waals surface area (Å²) >= 11 is 0. The van der Waals surface area contributed by atoms with Crippen molar-refractivity contribution in [1.29, 1.82) is 0 Å². The summed E-state index contributed by atoms with van der Waals surface area (Å²) in [6.07, 6.45) is 0.387. The molecule has 13 nitrogen and oxygen atoms in total. The summed E-state index contributed by atoms with van der Waals surface area (Å²) < 4.78 is 5.35. The highest BCUT2D eigenvalue weighted by Gasteiger charge is 2.21. The summed E-state index contributed by atoms with van der Waals surface area (Å²) in [4.78, 5) is 49.6. The number of carbonyl (C=O) groups excluding carboxylic acids is 4. The van der Waals surface area contributed by atoms with Gasteiger partial charge in [-0.1, -0.05) is 12.1 Å². The number of primary amides is 1. The Morgan fingerprint density at radius 1 is 1.09 bits per heavy atom. The standard InChI is InChI=1S/C22H36N8O5/c23-7-9-26-14-19(31)29-18(2-1-8-27-21(24)33)20(32)28-17-5-3-16(4-6-17)15-35-22(34)30-12-10-25-11-13-30/h3-6,18,25-26H,1-2,7-15,23H2,(H,28,32)(H,29,31)(H3,24,27,33)/t18-/m0/s1. The number of urea groups is 1. The molecule has 2 rings (SSSR count). The molecule has 1 atom stereocenters. The first-order valence-corrected chi connectivity index (χ1v) is 11.6. The third kappa shape index (κ3) is 11.0. The van der Waals surface area contributed by atoms with Crippen molar-refractivity contribution in [2.45, 2.75) is 25.5 Å². The van der Waals surface area contributed by atoms with Crippen LogP contribution in [0.25, 0.3) is 0 Å². The highest BCUT2D eigenvalue weighted by molar-refractivity contribution is 5.97. The minimum atomic E-state index is -0.809. The van der Waals surface area contributed by atoms with Crippen LogP contribution in [0.4, 0.5) is 15.3 Å². The Kier molecular flexibility index (Phi) is 12.3. The highest BCUT2D eigenvalue weighted by atomic mass is 16.6. The van der Waals surface area contributed by atoms with Gasteiger partial charge < -0.3 is 47.7 Å². The van der Waals surface area contributed by atoms with Crippen LogP contribution >= 0.6 is 0 Å². The molecule has 1 aliphatic rings. The first-order valence-electron chi connectivity index (χ1n) is 11.6. The number of nitrogens with zero attached hydrogens (tertiary/aromatic N) is 1. The molecule has 194 valence electrons. The average molecular weight is 493 g/mol. The zero-order valence-electron chi connectivity index (χ0n) is 19.8. The average Bonchev–Trinajstić information content (AvgIpc) is 2.85. The van der Waals surface area contributed by atoms with Gasteiger partial charge in [0.25, 0.3) is 0 Å². The third-order valence-corrected chi connectivity index (χ3v) is 5.19. The number of hydrogen-bond donors (Lipinski definition) is 7. The van der Waals surface area contributed by atoms with E-state index in [2.05, 4.69) is 26.6 Å². The Labute approximate surface area is 204 Å². The maximum absolute atomic E-state index is 12.8. The lowest BCUT2D eigenvalue weighted by atomic mass is 10.1. The predicted molar refractivity (Wildman–Crippen MR) is 130 cm³/mol. The van der Waals surface area contributed by atoms with E-state index in [1.807, 2.05) is 0 Å². The van der Waals surface area contributed by atoms with Crippen molar-refractivity contribution in [2.75, 3.05) is 57.7 Å². The summed E-state index contributed by atoms with van der Waals surface area (Å²) in [7, 11) is 0. The number of piperazine rings is 1. The molecule has 9 N–H and O–H groups in total. The predicted octanol–water partition coefficient (Wildman–Crippen LogP) is -1.35. The molecule has 0 aromatic heterocycles. The van der Waals surface area contributed by atoms with Crippen LogP contribution in [0.3, 0.4) is 0 Å². The summed E-state index contributed by atoms with van der Waals surface area (Å²) in [6.45, 7) is 4.02. The Morgan fingerprint density at radius 3 is 2.46 bits per heavy atom. The van der Waals surface area contributed by atoms with Crippen molar-refractivity contribution in [1.82, 2.24) is 26.2 Å². The van der Waals surface area contributed by atoms with E-state index in [0.29, 0.717) is 44.7 Å². The van der Waals surface area contributed by atoms with E-state index in [-0.39, 0.29) is 31.7 Å². The molecular formula is C22H36N8O5. The van der Waals surface area contributed by atoms with Gasteiger partial charge in [0, 0.05) is 51.5 Å². The van der Waals surface area contributed by atoms with Gasteiger partial charge in [-0.3, -0.25) is 9.59 Å². The van der Waals surface area contributed by atoms with E-state index >= 15 is 0 Å². The van der Waals surface area contributed by atoms with Crippen molar-refractivity contribution in [3.63, 3.8) is 0 Å². The van der Waals surface area contributed by atoms with Gasteiger partial charge in [-0.2, -0.15) is 0 Å². The van der Waals surface area contributed by atoms with E-state index in [4.69, 9.17) is 16.2 Å². The van der Waals surface area contributed by atoms with Crippen molar-refractivity contribution >= 4 is 29.6 Å². The second kappa shape index (κ2) is 15.5. The lowest BCUT2D eigenvalue weighted by Crippen LogP contribution is -2.47. The third-order valence-electron chi connectivity index (χ3n) is 5.19. The van der Waals surface area contributed by atoms with Gasteiger partial charge in [0.2, 0.25) is 11.8 Å². The Hall–Kier alpha value is -3.42. The van der Waals surface area contributed by atoms with Crippen LogP contribution in [0.15, 0.2) is 24.3 Å². The van der Waals surface area contributed by atoms with Crippen LogP contribution in [0, 0.1) is 0 Å². The minimum Gasteiger partial charge on any atom is -0.445 e. The fourth-order valence-electron chi connectivity index (χ4n) is 3.33. The fourth-order valence-corrected chi connectivity index (χ4v) is 3.33. The van der Waals surface area contributed by atoms with E-state index < -0.39 is 18.0 Å². The molecule has 35 heavy (non-hydrogen) atoms. The molecule has 1 saturated heterocycles. The molecule has 1 fully saturated rings. The molecule has 0 spiro atoms. The van der Waals surface area contributed by atoms with E-state index in [1.165, 1.54) is 0 Å². The maximum atomic E-state index is 12.8. The van der Waals surface area contributed by atoms with Crippen LogP contribution in [0.1, 0.15) is 18.4 Å². The second-order valence-electron chi connectivity index (χ2n) is 8.00. The summed E-state index contributed by atoms with van der Waals surface area (Å²) in [5.41, 5.74) is 11.8. The van der Waals surface area contributed by atoms with E-state index in [9.17, 15) is 19.2 Å². The van der Waals surface area contributed by atoms with Crippen LogP contribution in [0.2, 0.25) is 0 Å². The molecule has 1 heterocycles. The van der Waals surface area contributed by atoms with Crippen molar-refractivity contribution < 1.29 is 23.9 Å². The summed E-state index contributed by atoms with van der Waals surface area (Å²) in [6, 6.07) is 5.43. The number of carbonyl (C=O) groups is 4. The molecule has 1 aromatic carbocycles. The lowest BCUT2D eigenvalue weighted by molar-refractivity contribution is -0.126. The number of hydrogen-bond acceptors (Lipinski definition) is 8. The normalized spacial score (nSPS) is 14.0. The molecule has 1 aliphatic heterocycles. The number of nitrogens with one attached hydrogen (secondary N) is 5. The number of ether oxygens (including phenoxy) is 1. The van der Waals surface area contributed by atoms with Gasteiger partial charge in [-0.05, 0) is 30.5 Å². The fraction of sp³-hybridized carbons (Fsp3) is 0.545. The van der Waals surface area contributed by atoms with E-state index in [1.54, 1.807) is 29.2 Å². The Bertz CT molecular complexity index is 830. The van der Waals surface area contributed by atoms with Gasteiger partial charge in [0.05, 0.1) is 6.54 Å². The largest absolute Gasteiger partial charge is 0.445 e. The number of benzene rings is 1. The van der Waals surface area contributed by atoms with Gasteiger partial charge in [0.15, 0.2) is 0 Å². The molecule has 5 amide bonds. The lowest BCUT2D eigenvalue weighted by Gasteiger charge is -2.26. The molecule has 0 saturated carbocycles. The Balaban J connectivity index is 1.87. The molecule has 0 aliphatic carbocycles. The quantitative estimate of drug-likeness (QED) is 0.164. The number of rotatable bonds is 13. The monoisotopic (exact) mass is 492 g/mol. The van der Waals surface area contributed by atoms with Crippen LogP contribution < -0.4 is 38.1 Å². The number of nitrogens with two attached hydrogens (primary N) is 2. The molecular weight excluding hydrogens is 456 g/mol. The van der Waals surface area contributed by atoms with E-state index in [0.717, 1.165) is 18.7 Å². The van der Waals surface area contributed by atoms with Gasteiger partial charge >= 0.3 is 12.1 Å². The summed E-state index contributed by atoms with van der Waals surface area (Å²) in [5.74, 6) is -0.739. The first kappa shape index (κ1) is 27.8. The zero-order valence-corrected chi connectivity index (χ0v) is 19.8. The SMILES string of the molecule is NCCNCC(=O)N[C@@H](CCCNC(N)=O)C(=O)Nc1ccc(COC(=O)N2CCNCC2)cc1. The van der Waals surface area contributed by atoms with Crippen LogP contribution in [0.5, 0.6) is 0 Å². The molecule has 0 radical (unpaired) electrons. The van der Waals surface area contributed by atoms with Gasteiger partial charge in [-0.15, -0.1) is 0 Å². The van der Waals surface area contributed by atoms with Gasteiger partial charge in [0.1, 0.15) is 12.6 Å². The first-order chi connectivity index (χ1) is 16.9. The van der Waals surface area contributed by atoms with Crippen LogP contribution in [-0.2, 0) is 20.9 Å². The topological polar surface area (TPSA) is 193 Å². The Morgan fingerprint density at radius 2 is 1.80 bits per heavy atom. The summed E-state index contributed by atoms with van der Waals surface area (Å²) in [5, 5.41) is 14.0. The maximum Gasteiger partial charge on any atom is 0.410 e. The highest BCUT2D eigenvalue weighted by Crippen LogP contribution is 2.12. The van der Waals surface area contributed by atoms with Crippen LogP contribution in [-0.4, -0.2) is 87.2 Å². The molecule has 13 heteroatoms.